The van der Waals surface area contributed by atoms with Gasteiger partial charge in [-0.05, 0) is 38.5 Å². The van der Waals surface area contributed by atoms with Gasteiger partial charge in [0.25, 0.3) is 0 Å². The van der Waals surface area contributed by atoms with Crippen LogP contribution in [0.15, 0.2) is 24.3 Å². The highest BCUT2D eigenvalue weighted by Crippen LogP contribution is 2.21. The van der Waals surface area contributed by atoms with Crippen LogP contribution in [-0.2, 0) is 14.2 Å². The number of methoxy groups -OCH3 is 2. The van der Waals surface area contributed by atoms with Crippen molar-refractivity contribution in [3.8, 4) is 0 Å². The lowest BCUT2D eigenvalue weighted by atomic mass is 10.1. The van der Waals surface area contributed by atoms with Crippen LogP contribution >= 0.6 is 0 Å². The van der Waals surface area contributed by atoms with Crippen LogP contribution in [0.25, 0.3) is 0 Å². The van der Waals surface area contributed by atoms with E-state index in [1.165, 1.54) is 33.3 Å². The van der Waals surface area contributed by atoms with E-state index in [9.17, 15) is 19.2 Å². The van der Waals surface area contributed by atoms with Gasteiger partial charge in [-0.1, -0.05) is 12.1 Å². The minimum Gasteiger partial charge on any atom is -0.465 e. The summed E-state index contributed by atoms with van der Waals surface area (Å²) >= 11 is 0. The maximum Gasteiger partial charge on any atom is 0.339 e. The smallest absolute Gasteiger partial charge is 0.339 e. The number of aromatic nitrogens is 1. The van der Waals surface area contributed by atoms with Crippen molar-refractivity contribution in [3.05, 3.63) is 57.9 Å². The van der Waals surface area contributed by atoms with Crippen molar-refractivity contribution in [2.24, 2.45) is 0 Å². The molecule has 0 aliphatic rings. The number of H-pyrrole nitrogens is 1. The predicted molar refractivity (Wildman–Crippen MR) is 98.6 cm³/mol. The van der Waals surface area contributed by atoms with Crippen LogP contribution in [0.1, 0.15) is 59.7 Å². The molecule has 0 fully saturated rings. The number of aryl methyl sites for hydroxylation is 1. The zero-order valence-electron chi connectivity index (χ0n) is 16.2. The van der Waals surface area contributed by atoms with E-state index in [0.717, 1.165) is 0 Å². The molecule has 0 radical (unpaired) electrons. The molecule has 0 amide bonds. The molecule has 8 heteroatoms. The van der Waals surface area contributed by atoms with E-state index in [0.29, 0.717) is 11.3 Å². The second-order valence-corrected chi connectivity index (χ2v) is 6.07. The molecule has 1 atom stereocenters. The Bertz CT molecular complexity index is 942. The van der Waals surface area contributed by atoms with Crippen molar-refractivity contribution < 1.29 is 33.4 Å². The van der Waals surface area contributed by atoms with Crippen molar-refractivity contribution in [1.29, 1.82) is 0 Å². The third-order valence-electron chi connectivity index (χ3n) is 4.28. The SMILES string of the molecule is COC(=O)c1ccccc1C(=O)OC(C)C(=O)c1[nH]c(C)c(C(=O)OC)c1C. The van der Waals surface area contributed by atoms with Crippen molar-refractivity contribution >= 4 is 23.7 Å². The van der Waals surface area contributed by atoms with Crippen LogP contribution < -0.4 is 0 Å². The number of ketones is 1. The summed E-state index contributed by atoms with van der Waals surface area (Å²) in [5.41, 5.74) is 1.33. The molecule has 0 saturated heterocycles. The molecule has 0 aliphatic carbocycles. The lowest BCUT2D eigenvalue weighted by molar-refractivity contribution is 0.0311. The number of aromatic amines is 1. The van der Waals surface area contributed by atoms with E-state index in [2.05, 4.69) is 9.72 Å². The molecule has 2 rings (SSSR count). The van der Waals surface area contributed by atoms with Gasteiger partial charge in [-0.15, -0.1) is 0 Å². The van der Waals surface area contributed by atoms with Crippen molar-refractivity contribution in [3.63, 3.8) is 0 Å². The van der Waals surface area contributed by atoms with Gasteiger partial charge >= 0.3 is 17.9 Å². The molecule has 1 aromatic heterocycles. The highest BCUT2D eigenvalue weighted by molar-refractivity contribution is 6.06. The van der Waals surface area contributed by atoms with Crippen molar-refractivity contribution in [2.45, 2.75) is 26.9 Å². The molecule has 1 aromatic carbocycles. The molecule has 0 saturated carbocycles. The van der Waals surface area contributed by atoms with Crippen LogP contribution in [-0.4, -0.2) is 49.0 Å². The molecule has 0 spiro atoms. The van der Waals surface area contributed by atoms with Crippen LogP contribution in [0.5, 0.6) is 0 Å². The number of esters is 3. The minimum atomic E-state index is -1.15. The fraction of sp³-hybridized carbons (Fsp3) is 0.300. The molecule has 0 bridgehead atoms. The first-order valence-corrected chi connectivity index (χ1v) is 8.42. The number of Topliss-reactive ketones (excluding diaryl/α,β-unsaturated/α-hetero) is 1. The third kappa shape index (κ3) is 3.95. The van der Waals surface area contributed by atoms with Gasteiger partial charge in [0.05, 0.1) is 36.6 Å². The quantitative estimate of drug-likeness (QED) is 0.461. The molecule has 2 aromatic rings. The first kappa shape index (κ1) is 20.9. The van der Waals surface area contributed by atoms with Crippen LogP contribution in [0, 0.1) is 13.8 Å². The summed E-state index contributed by atoms with van der Waals surface area (Å²) in [6, 6.07) is 5.98. The van der Waals surface area contributed by atoms with Gasteiger partial charge in [-0.2, -0.15) is 0 Å². The Morgan fingerprint density at radius 1 is 0.893 bits per heavy atom. The lowest BCUT2D eigenvalue weighted by Gasteiger charge is -2.13. The summed E-state index contributed by atoms with van der Waals surface area (Å²) in [5.74, 6) is -2.61. The van der Waals surface area contributed by atoms with Gasteiger partial charge in [-0.3, -0.25) is 4.79 Å². The zero-order valence-corrected chi connectivity index (χ0v) is 16.2. The molecule has 1 heterocycles. The Morgan fingerprint density at radius 2 is 1.43 bits per heavy atom. The highest BCUT2D eigenvalue weighted by atomic mass is 16.5. The van der Waals surface area contributed by atoms with Crippen molar-refractivity contribution in [2.75, 3.05) is 14.2 Å². The number of hydrogen-bond acceptors (Lipinski definition) is 7. The number of carbonyl (C=O) groups is 4. The molecule has 28 heavy (non-hydrogen) atoms. The lowest BCUT2D eigenvalue weighted by Crippen LogP contribution is -2.26. The summed E-state index contributed by atoms with van der Waals surface area (Å²) in [6.07, 6.45) is -1.15. The van der Waals surface area contributed by atoms with E-state index in [1.807, 2.05) is 0 Å². The molecule has 148 valence electrons. The maximum atomic E-state index is 12.7. The molecule has 1 N–H and O–H groups in total. The Kier molecular flexibility index (Phi) is 6.35. The van der Waals surface area contributed by atoms with Gasteiger partial charge in [0, 0.05) is 5.69 Å². The highest BCUT2D eigenvalue weighted by Gasteiger charge is 2.28. The van der Waals surface area contributed by atoms with E-state index in [1.54, 1.807) is 26.0 Å². The first-order valence-electron chi connectivity index (χ1n) is 8.42. The van der Waals surface area contributed by atoms with E-state index >= 15 is 0 Å². The summed E-state index contributed by atoms with van der Waals surface area (Å²) < 4.78 is 14.6. The molecule has 0 aliphatic heterocycles. The monoisotopic (exact) mass is 387 g/mol. The van der Waals surface area contributed by atoms with Gasteiger partial charge in [0.15, 0.2) is 6.10 Å². The largest absolute Gasteiger partial charge is 0.465 e. The Balaban J connectivity index is 2.26. The molecule has 1 unspecified atom stereocenters. The third-order valence-corrected chi connectivity index (χ3v) is 4.28. The van der Waals surface area contributed by atoms with E-state index < -0.39 is 29.8 Å². The maximum absolute atomic E-state index is 12.7. The molecular formula is C20H21NO7. The summed E-state index contributed by atoms with van der Waals surface area (Å²) in [4.78, 5) is 51.7. The summed E-state index contributed by atoms with van der Waals surface area (Å²) in [7, 11) is 2.45. The Morgan fingerprint density at radius 3 is 1.96 bits per heavy atom. The zero-order chi connectivity index (χ0) is 21.0. The number of hydrogen-bond donors (Lipinski definition) is 1. The van der Waals surface area contributed by atoms with Crippen LogP contribution in [0.2, 0.25) is 0 Å². The van der Waals surface area contributed by atoms with E-state index in [-0.39, 0.29) is 22.4 Å². The molecular weight excluding hydrogens is 366 g/mol. The minimum absolute atomic E-state index is 0.0105. The first-order chi connectivity index (χ1) is 13.2. The van der Waals surface area contributed by atoms with Gasteiger partial charge in [-0.25, -0.2) is 14.4 Å². The Labute approximate surface area is 161 Å². The van der Waals surface area contributed by atoms with Crippen LogP contribution in [0.3, 0.4) is 0 Å². The van der Waals surface area contributed by atoms with Gasteiger partial charge in [0.2, 0.25) is 5.78 Å². The number of ether oxygens (including phenoxy) is 3. The second-order valence-electron chi connectivity index (χ2n) is 6.07. The summed E-state index contributed by atoms with van der Waals surface area (Å²) in [5, 5.41) is 0. The average Bonchev–Trinajstić information content (AvgIpc) is 2.99. The van der Waals surface area contributed by atoms with Gasteiger partial charge < -0.3 is 19.2 Å². The predicted octanol–water partition coefficient (Wildman–Crippen LogP) is 2.63. The normalized spacial score (nSPS) is 11.5. The Hall–Kier alpha value is -3.42. The van der Waals surface area contributed by atoms with E-state index in [4.69, 9.17) is 9.47 Å². The topological polar surface area (TPSA) is 112 Å². The number of rotatable bonds is 6. The fourth-order valence-corrected chi connectivity index (χ4v) is 2.83. The standard InChI is InChI=1S/C20H21NO7/c1-10-15(20(25)27-5)11(2)21-16(10)17(22)12(3)28-19(24)14-9-7-6-8-13(14)18(23)26-4/h6-9,12,21H,1-5H3. The molecule has 8 nitrogen and oxygen atoms in total. The fourth-order valence-electron chi connectivity index (χ4n) is 2.83. The number of carbonyl (C=O) groups excluding carboxylic acids is 4. The van der Waals surface area contributed by atoms with Crippen LogP contribution in [0.4, 0.5) is 0 Å². The van der Waals surface area contributed by atoms with Crippen molar-refractivity contribution in [1.82, 2.24) is 4.98 Å². The summed E-state index contributed by atoms with van der Waals surface area (Å²) in [6.45, 7) is 4.65. The average molecular weight is 387 g/mol. The number of nitrogens with one attached hydrogen (secondary N) is 1. The second kappa shape index (κ2) is 8.51. The number of benzene rings is 1. The van der Waals surface area contributed by atoms with Gasteiger partial charge in [0.1, 0.15) is 0 Å².